The van der Waals surface area contributed by atoms with Crippen LogP contribution in [0.3, 0.4) is 0 Å². The third-order valence-corrected chi connectivity index (χ3v) is 4.22. The number of hydrogen-bond acceptors (Lipinski definition) is 3. The van der Waals surface area contributed by atoms with E-state index in [0.29, 0.717) is 17.9 Å². The topological polar surface area (TPSA) is 41.6 Å². The van der Waals surface area contributed by atoms with Gasteiger partial charge in [-0.25, -0.2) is 4.39 Å². The molecular weight excluding hydrogens is 319 g/mol. The highest BCUT2D eigenvalue weighted by atomic mass is 19.1. The van der Waals surface area contributed by atoms with Crippen molar-refractivity contribution >= 4 is 17.7 Å². The highest BCUT2D eigenvalue weighted by Gasteiger charge is 2.20. The molecule has 0 aromatic heterocycles. The van der Waals surface area contributed by atoms with E-state index in [2.05, 4.69) is 5.32 Å². The van der Waals surface area contributed by atoms with Crippen LogP contribution in [0.1, 0.15) is 40.0 Å². The van der Waals surface area contributed by atoms with Crippen LogP contribution in [0.4, 0.5) is 10.1 Å². The Morgan fingerprint density at radius 2 is 2.08 bits per heavy atom. The first-order valence-electron chi connectivity index (χ1n) is 8.14. The number of rotatable bonds is 4. The molecule has 0 fully saturated rings. The monoisotopic (exact) mass is 340 g/mol. The molecule has 0 saturated heterocycles. The molecule has 1 aliphatic rings. The fourth-order valence-corrected chi connectivity index (χ4v) is 2.96. The Morgan fingerprint density at radius 3 is 2.80 bits per heavy atom. The van der Waals surface area contributed by atoms with E-state index in [-0.39, 0.29) is 17.8 Å². The summed E-state index contributed by atoms with van der Waals surface area (Å²) in [4.78, 5) is 14.0. The maximum atomic E-state index is 13.4. The number of nitrogens with zero attached hydrogens (tertiary/aromatic N) is 1. The van der Waals surface area contributed by atoms with Crippen molar-refractivity contribution in [1.29, 1.82) is 0 Å². The van der Waals surface area contributed by atoms with Crippen molar-refractivity contribution in [2.24, 2.45) is 0 Å². The first-order valence-corrected chi connectivity index (χ1v) is 8.14. The van der Waals surface area contributed by atoms with Crippen LogP contribution in [-0.4, -0.2) is 24.9 Å². The van der Waals surface area contributed by atoms with Crippen LogP contribution in [-0.2, 0) is 11.3 Å². The van der Waals surface area contributed by atoms with Crippen LogP contribution in [0.15, 0.2) is 42.7 Å². The van der Waals surface area contributed by atoms with Gasteiger partial charge in [0, 0.05) is 37.0 Å². The van der Waals surface area contributed by atoms with Crippen LogP contribution >= 0.6 is 0 Å². The van der Waals surface area contributed by atoms with E-state index in [1.165, 1.54) is 12.1 Å². The lowest BCUT2D eigenvalue weighted by molar-refractivity contribution is 0.0827. The summed E-state index contributed by atoms with van der Waals surface area (Å²) >= 11 is 0. The number of carbonyl (C=O) groups excluding carboxylic acids is 1. The molecule has 2 aromatic carbocycles. The van der Waals surface area contributed by atoms with Gasteiger partial charge >= 0.3 is 0 Å². The smallest absolute Gasteiger partial charge is 0.253 e. The van der Waals surface area contributed by atoms with Crippen LogP contribution in [0.2, 0.25) is 0 Å². The number of halogens is 1. The van der Waals surface area contributed by atoms with Gasteiger partial charge in [-0.2, -0.15) is 0 Å². The van der Waals surface area contributed by atoms with Crippen molar-refractivity contribution in [3.63, 3.8) is 0 Å². The summed E-state index contributed by atoms with van der Waals surface area (Å²) in [5.41, 5.74) is 4.29. The van der Waals surface area contributed by atoms with Crippen LogP contribution < -0.4 is 5.32 Å². The third-order valence-electron chi connectivity index (χ3n) is 4.22. The third kappa shape index (κ3) is 3.65. The van der Waals surface area contributed by atoms with Gasteiger partial charge in [0.05, 0.1) is 6.26 Å². The molecule has 25 heavy (non-hydrogen) atoms. The lowest BCUT2D eigenvalue weighted by Gasteiger charge is -2.24. The van der Waals surface area contributed by atoms with Gasteiger partial charge in [0.2, 0.25) is 0 Å². The van der Waals surface area contributed by atoms with Crippen molar-refractivity contribution in [1.82, 2.24) is 4.90 Å². The molecule has 0 saturated carbocycles. The van der Waals surface area contributed by atoms with E-state index in [4.69, 9.17) is 4.74 Å². The number of ether oxygens (including phenoxy) is 1. The van der Waals surface area contributed by atoms with Crippen molar-refractivity contribution in [3.05, 3.63) is 70.7 Å². The molecule has 4 nitrogen and oxygen atoms in total. The standard InChI is InChI=1S/C20H21FN2O2/c1-13(22-17-6-4-5-16(21)11-17)18-10-15(20(24)23(2)3)9-14-7-8-25-12-19(14)18/h4-11,13,22H,12H2,1-3H3. The molecule has 1 amide bonds. The van der Waals surface area contributed by atoms with Crippen LogP contribution in [0, 0.1) is 5.82 Å². The van der Waals surface area contributed by atoms with Gasteiger partial charge in [-0.15, -0.1) is 0 Å². The van der Waals surface area contributed by atoms with Crippen LogP contribution in [0.25, 0.3) is 6.08 Å². The Labute approximate surface area is 146 Å². The van der Waals surface area contributed by atoms with E-state index in [1.807, 2.05) is 31.2 Å². The van der Waals surface area contributed by atoms with E-state index < -0.39 is 0 Å². The number of hydrogen-bond donors (Lipinski definition) is 1. The second kappa shape index (κ2) is 6.97. The molecule has 1 atom stereocenters. The Hall–Kier alpha value is -2.82. The zero-order valence-corrected chi connectivity index (χ0v) is 14.5. The largest absolute Gasteiger partial charge is 0.496 e. The SMILES string of the molecule is CC(Nc1cccc(F)c1)c1cc(C(=O)N(C)C)cc2c1COC=C2. The number of anilines is 1. The average molecular weight is 340 g/mol. The molecule has 0 bridgehead atoms. The summed E-state index contributed by atoms with van der Waals surface area (Å²) in [7, 11) is 3.46. The quantitative estimate of drug-likeness (QED) is 0.907. The number of carbonyl (C=O) groups is 1. The first kappa shape index (κ1) is 17.0. The summed E-state index contributed by atoms with van der Waals surface area (Å²) in [6.45, 7) is 2.44. The van der Waals surface area contributed by atoms with Gasteiger partial charge in [-0.1, -0.05) is 6.07 Å². The van der Waals surface area contributed by atoms with E-state index in [9.17, 15) is 9.18 Å². The van der Waals surface area contributed by atoms with Crippen molar-refractivity contribution in [2.75, 3.05) is 19.4 Å². The predicted octanol–water partition coefficient (Wildman–Crippen LogP) is 4.20. The van der Waals surface area contributed by atoms with E-state index >= 15 is 0 Å². The van der Waals surface area contributed by atoms with Gasteiger partial charge in [0.15, 0.2) is 0 Å². The molecule has 1 heterocycles. The molecule has 0 spiro atoms. The highest BCUT2D eigenvalue weighted by molar-refractivity contribution is 5.95. The van der Waals surface area contributed by atoms with E-state index in [0.717, 1.165) is 16.7 Å². The summed E-state index contributed by atoms with van der Waals surface area (Å²) in [6, 6.07) is 10.0. The van der Waals surface area contributed by atoms with Crippen molar-refractivity contribution in [2.45, 2.75) is 19.6 Å². The minimum atomic E-state index is -0.290. The molecule has 130 valence electrons. The Bertz CT molecular complexity index is 830. The zero-order chi connectivity index (χ0) is 18.0. The van der Waals surface area contributed by atoms with Crippen molar-refractivity contribution in [3.8, 4) is 0 Å². The van der Waals surface area contributed by atoms with Gasteiger partial charge in [0.25, 0.3) is 5.91 Å². The minimum Gasteiger partial charge on any atom is -0.496 e. The van der Waals surface area contributed by atoms with Gasteiger partial charge in [-0.05, 0) is 54.5 Å². The molecule has 0 aliphatic carbocycles. The normalized spacial score (nSPS) is 13.6. The van der Waals surface area contributed by atoms with Gasteiger partial charge < -0.3 is 15.0 Å². The molecule has 0 radical (unpaired) electrons. The lowest BCUT2D eigenvalue weighted by atomic mass is 9.92. The molecule has 3 rings (SSSR count). The highest BCUT2D eigenvalue weighted by Crippen LogP contribution is 2.30. The Kier molecular flexibility index (Phi) is 4.74. The van der Waals surface area contributed by atoms with Gasteiger partial charge in [0.1, 0.15) is 12.4 Å². The lowest BCUT2D eigenvalue weighted by Crippen LogP contribution is -2.23. The molecule has 1 aliphatic heterocycles. The molecule has 1 N–H and O–H groups in total. The van der Waals surface area contributed by atoms with Gasteiger partial charge in [-0.3, -0.25) is 4.79 Å². The number of amides is 1. The fourth-order valence-electron chi connectivity index (χ4n) is 2.96. The number of benzene rings is 2. The molecular formula is C20H21FN2O2. The fraction of sp³-hybridized carbons (Fsp3) is 0.250. The Morgan fingerprint density at radius 1 is 1.28 bits per heavy atom. The Balaban J connectivity index is 2.00. The van der Waals surface area contributed by atoms with Crippen LogP contribution in [0.5, 0.6) is 0 Å². The maximum absolute atomic E-state index is 13.4. The predicted molar refractivity (Wildman–Crippen MR) is 96.7 cm³/mol. The number of nitrogens with one attached hydrogen (secondary N) is 1. The first-order chi connectivity index (χ1) is 12.0. The molecule has 1 unspecified atom stereocenters. The summed E-state index contributed by atoms with van der Waals surface area (Å²) < 4.78 is 18.9. The second-order valence-electron chi connectivity index (χ2n) is 6.32. The summed E-state index contributed by atoms with van der Waals surface area (Å²) in [5, 5.41) is 3.30. The molecule has 2 aromatic rings. The minimum absolute atomic E-state index is 0.0538. The average Bonchev–Trinajstić information content (AvgIpc) is 2.60. The summed E-state index contributed by atoms with van der Waals surface area (Å²) in [5.74, 6) is -0.344. The maximum Gasteiger partial charge on any atom is 0.253 e. The van der Waals surface area contributed by atoms with Crippen molar-refractivity contribution < 1.29 is 13.9 Å². The number of fused-ring (bicyclic) bond motifs is 1. The second-order valence-corrected chi connectivity index (χ2v) is 6.32. The summed E-state index contributed by atoms with van der Waals surface area (Å²) in [6.07, 6.45) is 3.50. The molecule has 5 heteroatoms. The van der Waals surface area contributed by atoms with E-state index in [1.54, 1.807) is 31.3 Å². The zero-order valence-electron chi connectivity index (χ0n) is 14.5.